The van der Waals surface area contributed by atoms with E-state index in [-0.39, 0.29) is 24.5 Å². The van der Waals surface area contributed by atoms with Gasteiger partial charge >= 0.3 is 0 Å². The van der Waals surface area contributed by atoms with E-state index >= 15 is 0 Å². The summed E-state index contributed by atoms with van der Waals surface area (Å²) in [6, 6.07) is 1.71. The van der Waals surface area contributed by atoms with Gasteiger partial charge in [0.2, 0.25) is 10.0 Å². The molecule has 2 rings (SSSR count). The van der Waals surface area contributed by atoms with Crippen LogP contribution in [-0.2, 0) is 19.9 Å². The standard InChI is InChI=1S/C10H15NO5S3/c12-10(8-1-3-17-6-8)5-11-19(15,16)9-2-4-18(13,14)7-9/h1,3,6,9-12H,2,4-5,7H2. The molecule has 9 heteroatoms. The number of hydrogen-bond donors (Lipinski definition) is 2. The van der Waals surface area contributed by atoms with Crippen molar-refractivity contribution in [1.29, 1.82) is 0 Å². The molecule has 6 nitrogen and oxygen atoms in total. The molecular weight excluding hydrogens is 310 g/mol. The highest BCUT2D eigenvalue weighted by atomic mass is 32.2. The largest absolute Gasteiger partial charge is 0.387 e. The van der Waals surface area contributed by atoms with E-state index in [0.29, 0.717) is 5.56 Å². The Balaban J connectivity index is 1.95. The molecular formula is C10H15NO5S3. The molecule has 1 fully saturated rings. The van der Waals surface area contributed by atoms with Crippen LogP contribution in [0.25, 0.3) is 0 Å². The van der Waals surface area contributed by atoms with Crippen molar-refractivity contribution in [2.45, 2.75) is 17.8 Å². The van der Waals surface area contributed by atoms with Gasteiger partial charge in [-0.25, -0.2) is 21.6 Å². The number of aliphatic hydroxyl groups is 1. The molecule has 1 saturated heterocycles. The lowest BCUT2D eigenvalue weighted by Crippen LogP contribution is -2.37. The number of rotatable bonds is 5. The van der Waals surface area contributed by atoms with E-state index < -0.39 is 31.2 Å². The summed E-state index contributed by atoms with van der Waals surface area (Å²) in [6.07, 6.45) is -0.800. The average molecular weight is 325 g/mol. The first-order valence-corrected chi connectivity index (χ1v) is 10.0. The molecule has 0 spiro atoms. The highest BCUT2D eigenvalue weighted by molar-refractivity contribution is 7.95. The summed E-state index contributed by atoms with van der Waals surface area (Å²) in [5, 5.41) is 12.4. The molecule has 19 heavy (non-hydrogen) atoms. The van der Waals surface area contributed by atoms with Crippen LogP contribution in [0.2, 0.25) is 0 Å². The highest BCUT2D eigenvalue weighted by Crippen LogP contribution is 2.19. The minimum atomic E-state index is -3.70. The zero-order chi connectivity index (χ0) is 14.1. The number of aliphatic hydroxyl groups excluding tert-OH is 1. The normalized spacial score (nSPS) is 24.4. The Morgan fingerprint density at radius 1 is 1.53 bits per heavy atom. The Hall–Kier alpha value is -0.480. The van der Waals surface area contributed by atoms with Gasteiger partial charge in [0.15, 0.2) is 9.84 Å². The van der Waals surface area contributed by atoms with Crippen LogP contribution in [-0.4, -0.2) is 45.2 Å². The Kier molecular flexibility index (Phi) is 4.31. The molecule has 2 atom stereocenters. The number of thiophene rings is 1. The third kappa shape index (κ3) is 3.76. The molecule has 0 bridgehead atoms. The minimum Gasteiger partial charge on any atom is -0.387 e. The third-order valence-corrected chi connectivity index (χ3v) is 7.56. The van der Waals surface area contributed by atoms with Gasteiger partial charge in [0.25, 0.3) is 0 Å². The molecule has 2 unspecified atom stereocenters. The Bertz CT molecular complexity index is 620. The van der Waals surface area contributed by atoms with Crippen LogP contribution in [0.3, 0.4) is 0 Å². The fourth-order valence-corrected chi connectivity index (χ4v) is 6.69. The zero-order valence-electron chi connectivity index (χ0n) is 10.0. The van der Waals surface area contributed by atoms with Crippen molar-refractivity contribution in [3.63, 3.8) is 0 Å². The van der Waals surface area contributed by atoms with Crippen LogP contribution in [0.4, 0.5) is 0 Å². The number of sulfone groups is 1. The molecule has 0 aromatic carbocycles. The second-order valence-corrected chi connectivity index (χ2v) is 9.55. The second-order valence-electron chi connectivity index (χ2n) is 4.49. The SMILES string of the molecule is O=S1(=O)CCC(S(=O)(=O)NCC(O)c2ccsc2)C1. The van der Waals surface area contributed by atoms with E-state index in [0.717, 1.165) is 0 Å². The van der Waals surface area contributed by atoms with Gasteiger partial charge in [0.05, 0.1) is 22.9 Å². The van der Waals surface area contributed by atoms with Crippen molar-refractivity contribution in [3.05, 3.63) is 22.4 Å². The summed E-state index contributed by atoms with van der Waals surface area (Å²) in [5.41, 5.74) is 0.645. The fraction of sp³-hybridized carbons (Fsp3) is 0.600. The smallest absolute Gasteiger partial charge is 0.215 e. The van der Waals surface area contributed by atoms with E-state index in [1.54, 1.807) is 16.8 Å². The van der Waals surface area contributed by atoms with Gasteiger partial charge < -0.3 is 5.11 Å². The first kappa shape index (κ1) is 14.9. The maximum Gasteiger partial charge on any atom is 0.215 e. The molecule has 1 aliphatic heterocycles. The molecule has 1 aromatic heterocycles. The average Bonchev–Trinajstić information content (AvgIpc) is 2.95. The maximum atomic E-state index is 11.9. The lowest BCUT2D eigenvalue weighted by atomic mass is 10.2. The predicted octanol–water partition coefficient (Wildman–Crippen LogP) is -0.112. The van der Waals surface area contributed by atoms with Gasteiger partial charge in [-0.05, 0) is 28.8 Å². The van der Waals surface area contributed by atoms with Crippen LogP contribution in [0.1, 0.15) is 18.1 Å². The van der Waals surface area contributed by atoms with E-state index in [2.05, 4.69) is 4.72 Å². The summed E-state index contributed by atoms with van der Waals surface area (Å²) >= 11 is 1.41. The van der Waals surface area contributed by atoms with Crippen LogP contribution in [0, 0.1) is 0 Å². The third-order valence-electron chi connectivity index (χ3n) is 3.04. The van der Waals surface area contributed by atoms with Gasteiger partial charge in [0, 0.05) is 6.54 Å². The summed E-state index contributed by atoms with van der Waals surface area (Å²) in [6.45, 7) is -0.143. The van der Waals surface area contributed by atoms with Gasteiger partial charge in [-0.1, -0.05) is 0 Å². The minimum absolute atomic E-state index is 0.0916. The van der Waals surface area contributed by atoms with Crippen molar-refractivity contribution >= 4 is 31.2 Å². The highest BCUT2D eigenvalue weighted by Gasteiger charge is 2.37. The molecule has 108 valence electrons. The number of sulfonamides is 1. The predicted molar refractivity (Wildman–Crippen MR) is 73.3 cm³/mol. The first-order valence-electron chi connectivity index (χ1n) is 5.69. The maximum absolute atomic E-state index is 11.9. The van der Waals surface area contributed by atoms with Crippen LogP contribution < -0.4 is 4.72 Å². The molecule has 2 heterocycles. The van der Waals surface area contributed by atoms with Gasteiger partial charge in [-0.15, -0.1) is 0 Å². The van der Waals surface area contributed by atoms with Crippen LogP contribution in [0.5, 0.6) is 0 Å². The van der Waals surface area contributed by atoms with Crippen LogP contribution in [0.15, 0.2) is 16.8 Å². The molecule has 1 aliphatic rings. The molecule has 2 N–H and O–H groups in total. The zero-order valence-corrected chi connectivity index (χ0v) is 12.5. The fourth-order valence-electron chi connectivity index (χ4n) is 1.90. The van der Waals surface area contributed by atoms with Gasteiger partial charge in [-0.2, -0.15) is 11.3 Å². The molecule has 0 amide bonds. The van der Waals surface area contributed by atoms with E-state index in [4.69, 9.17) is 0 Å². The molecule has 0 saturated carbocycles. The molecule has 0 aliphatic carbocycles. The van der Waals surface area contributed by atoms with Crippen LogP contribution >= 0.6 is 11.3 Å². The quantitative estimate of drug-likeness (QED) is 0.786. The van der Waals surface area contributed by atoms with Gasteiger partial charge in [0.1, 0.15) is 0 Å². The lowest BCUT2D eigenvalue weighted by molar-refractivity contribution is 0.182. The first-order chi connectivity index (χ1) is 8.80. The molecule has 1 aromatic rings. The Labute approximate surface area is 116 Å². The second kappa shape index (κ2) is 5.49. The summed E-state index contributed by atoms with van der Waals surface area (Å²) in [7, 11) is -6.94. The molecule has 0 radical (unpaired) electrons. The van der Waals surface area contributed by atoms with E-state index in [1.807, 2.05) is 0 Å². The van der Waals surface area contributed by atoms with E-state index in [1.165, 1.54) is 11.3 Å². The summed E-state index contributed by atoms with van der Waals surface area (Å²) < 4.78 is 48.7. The monoisotopic (exact) mass is 325 g/mol. The lowest BCUT2D eigenvalue weighted by Gasteiger charge is -2.14. The van der Waals surface area contributed by atoms with Crippen molar-refractivity contribution in [3.8, 4) is 0 Å². The van der Waals surface area contributed by atoms with Crippen molar-refractivity contribution in [2.24, 2.45) is 0 Å². The van der Waals surface area contributed by atoms with Crippen molar-refractivity contribution < 1.29 is 21.9 Å². The topological polar surface area (TPSA) is 101 Å². The Morgan fingerprint density at radius 2 is 2.26 bits per heavy atom. The van der Waals surface area contributed by atoms with Crippen molar-refractivity contribution in [1.82, 2.24) is 4.72 Å². The van der Waals surface area contributed by atoms with E-state index in [9.17, 15) is 21.9 Å². The summed E-state index contributed by atoms with van der Waals surface area (Å²) in [4.78, 5) is 0. The van der Waals surface area contributed by atoms with Gasteiger partial charge in [-0.3, -0.25) is 0 Å². The van der Waals surface area contributed by atoms with Crippen molar-refractivity contribution in [2.75, 3.05) is 18.1 Å². The number of hydrogen-bond acceptors (Lipinski definition) is 6. The number of nitrogens with one attached hydrogen (secondary N) is 1. The Morgan fingerprint density at radius 3 is 2.79 bits per heavy atom. The summed E-state index contributed by atoms with van der Waals surface area (Å²) in [5.74, 6) is -0.428.